The van der Waals surface area contributed by atoms with Crippen molar-refractivity contribution in [3.05, 3.63) is 83.1 Å². The summed E-state index contributed by atoms with van der Waals surface area (Å²) in [4.78, 5) is 11.8. The lowest BCUT2D eigenvalue weighted by Gasteiger charge is -2.00. The summed E-state index contributed by atoms with van der Waals surface area (Å²) in [5.41, 5.74) is 4.23. The van der Waals surface area contributed by atoms with E-state index < -0.39 is 0 Å². The number of halogens is 1. The van der Waals surface area contributed by atoms with Gasteiger partial charge in [0.1, 0.15) is 11.5 Å². The molecule has 3 aromatic rings. The quantitative estimate of drug-likeness (QED) is 0.557. The first kappa shape index (κ1) is 16.0. The third-order valence-electron chi connectivity index (χ3n) is 3.35. The largest absolute Gasteiger partial charge is 0.455 e. The van der Waals surface area contributed by atoms with E-state index in [4.69, 9.17) is 16.0 Å². The minimum Gasteiger partial charge on any atom is -0.455 e. The predicted octanol–water partition coefficient (Wildman–Crippen LogP) is 4.29. The van der Waals surface area contributed by atoms with Crippen molar-refractivity contribution in [3.8, 4) is 11.3 Å². The van der Waals surface area contributed by atoms with Gasteiger partial charge in [-0.1, -0.05) is 54.1 Å². The Morgan fingerprint density at radius 1 is 1.04 bits per heavy atom. The van der Waals surface area contributed by atoms with Gasteiger partial charge in [0.2, 0.25) is 5.91 Å². The molecule has 120 valence electrons. The van der Waals surface area contributed by atoms with Crippen molar-refractivity contribution < 1.29 is 9.21 Å². The maximum Gasteiger partial charge on any atom is 0.244 e. The molecule has 0 spiro atoms. The van der Waals surface area contributed by atoms with Crippen LogP contribution in [0.1, 0.15) is 11.3 Å². The third kappa shape index (κ3) is 4.12. The van der Waals surface area contributed by atoms with E-state index in [2.05, 4.69) is 10.5 Å². The van der Waals surface area contributed by atoms with Crippen LogP contribution < -0.4 is 5.43 Å². The summed E-state index contributed by atoms with van der Waals surface area (Å²) < 4.78 is 5.67. The molecule has 0 saturated heterocycles. The van der Waals surface area contributed by atoms with Gasteiger partial charge in [0.05, 0.1) is 17.7 Å². The minimum absolute atomic E-state index is 0.185. The number of nitrogens with one attached hydrogen (secondary N) is 1. The lowest BCUT2D eigenvalue weighted by molar-refractivity contribution is -0.120. The number of benzene rings is 2. The molecule has 1 N–H and O–H groups in total. The maximum absolute atomic E-state index is 11.8. The van der Waals surface area contributed by atoms with Crippen LogP contribution in [0.3, 0.4) is 0 Å². The van der Waals surface area contributed by atoms with Gasteiger partial charge in [0, 0.05) is 5.56 Å². The predicted molar refractivity (Wildman–Crippen MR) is 95.0 cm³/mol. The second-order valence-electron chi connectivity index (χ2n) is 5.14. The molecule has 3 rings (SSSR count). The van der Waals surface area contributed by atoms with Crippen LogP contribution in [0.15, 0.2) is 76.2 Å². The zero-order valence-corrected chi connectivity index (χ0v) is 13.5. The summed E-state index contributed by atoms with van der Waals surface area (Å²) >= 11 is 6.14. The Hall–Kier alpha value is -2.85. The molecular weight excluding hydrogens is 324 g/mol. The molecule has 24 heavy (non-hydrogen) atoms. The van der Waals surface area contributed by atoms with Gasteiger partial charge in [-0.3, -0.25) is 4.79 Å². The van der Waals surface area contributed by atoms with Crippen molar-refractivity contribution in [2.75, 3.05) is 0 Å². The lowest BCUT2D eigenvalue weighted by Crippen LogP contribution is -2.19. The number of nitrogens with zero attached hydrogens (tertiary/aromatic N) is 1. The Labute approximate surface area is 144 Å². The number of furan rings is 1. The van der Waals surface area contributed by atoms with Crippen molar-refractivity contribution in [3.63, 3.8) is 0 Å². The first-order valence-corrected chi connectivity index (χ1v) is 7.81. The van der Waals surface area contributed by atoms with E-state index in [1.165, 1.54) is 6.21 Å². The van der Waals surface area contributed by atoms with Gasteiger partial charge in [0.25, 0.3) is 0 Å². The molecule has 4 nitrogen and oxygen atoms in total. The molecule has 0 aliphatic carbocycles. The second kappa shape index (κ2) is 7.62. The number of amides is 1. The zero-order chi connectivity index (χ0) is 16.8. The van der Waals surface area contributed by atoms with Crippen LogP contribution in [0.2, 0.25) is 5.02 Å². The van der Waals surface area contributed by atoms with Gasteiger partial charge >= 0.3 is 0 Å². The summed E-state index contributed by atoms with van der Waals surface area (Å²) in [5.74, 6) is 0.998. The zero-order valence-electron chi connectivity index (χ0n) is 12.8. The Kier molecular flexibility index (Phi) is 5.08. The van der Waals surface area contributed by atoms with Crippen molar-refractivity contribution in [1.82, 2.24) is 5.43 Å². The number of hydrogen-bond acceptors (Lipinski definition) is 3. The van der Waals surface area contributed by atoms with Crippen LogP contribution in [0.25, 0.3) is 11.3 Å². The first-order valence-electron chi connectivity index (χ1n) is 7.43. The van der Waals surface area contributed by atoms with Gasteiger partial charge in [0.15, 0.2) is 0 Å². The smallest absolute Gasteiger partial charge is 0.244 e. The van der Waals surface area contributed by atoms with Gasteiger partial charge < -0.3 is 4.42 Å². The van der Waals surface area contributed by atoms with Crippen molar-refractivity contribution in [2.24, 2.45) is 5.10 Å². The summed E-state index contributed by atoms with van der Waals surface area (Å²) in [6.45, 7) is 0. The number of rotatable bonds is 5. The number of carbonyl (C=O) groups is 1. The van der Waals surface area contributed by atoms with E-state index in [0.29, 0.717) is 16.5 Å². The van der Waals surface area contributed by atoms with E-state index in [1.54, 1.807) is 12.1 Å². The summed E-state index contributed by atoms with van der Waals surface area (Å²) in [6.07, 6.45) is 1.74. The van der Waals surface area contributed by atoms with Crippen molar-refractivity contribution in [2.45, 2.75) is 6.42 Å². The monoisotopic (exact) mass is 338 g/mol. The number of carbonyl (C=O) groups excluding carboxylic acids is 1. The molecule has 0 saturated carbocycles. The molecule has 0 bridgehead atoms. The summed E-state index contributed by atoms with van der Waals surface area (Å²) in [7, 11) is 0. The van der Waals surface area contributed by atoms with Crippen LogP contribution >= 0.6 is 11.6 Å². The van der Waals surface area contributed by atoms with E-state index in [0.717, 1.165) is 11.1 Å². The van der Waals surface area contributed by atoms with Gasteiger partial charge in [-0.05, 0) is 29.8 Å². The van der Waals surface area contributed by atoms with Gasteiger partial charge in [-0.2, -0.15) is 5.10 Å². The molecule has 0 fully saturated rings. The molecule has 0 radical (unpaired) electrons. The molecule has 0 aliphatic heterocycles. The van der Waals surface area contributed by atoms with Gasteiger partial charge in [-0.25, -0.2) is 5.43 Å². The molecule has 0 aliphatic rings. The average molecular weight is 339 g/mol. The molecule has 5 heteroatoms. The highest BCUT2D eigenvalue weighted by Crippen LogP contribution is 2.28. The molecular formula is C19H15ClN2O2. The lowest BCUT2D eigenvalue weighted by atomic mass is 10.1. The normalized spacial score (nSPS) is 10.9. The van der Waals surface area contributed by atoms with Gasteiger partial charge in [-0.15, -0.1) is 0 Å². The highest BCUT2D eigenvalue weighted by Gasteiger charge is 2.07. The maximum atomic E-state index is 11.8. The molecule has 0 atom stereocenters. The standard InChI is InChI=1S/C19H15ClN2O2/c20-17-9-5-4-8-16(17)18-11-10-15(24-18)13-21-22-19(23)12-14-6-2-1-3-7-14/h1-11,13H,12H2,(H,22,23). The Morgan fingerprint density at radius 2 is 1.79 bits per heavy atom. The van der Waals surface area contributed by atoms with Crippen LogP contribution in [0.4, 0.5) is 0 Å². The van der Waals surface area contributed by atoms with E-state index >= 15 is 0 Å². The van der Waals surface area contributed by atoms with E-state index in [1.807, 2.05) is 54.6 Å². The Balaban J connectivity index is 1.60. The fourth-order valence-electron chi connectivity index (χ4n) is 2.22. The topological polar surface area (TPSA) is 54.6 Å². The van der Waals surface area contributed by atoms with E-state index in [-0.39, 0.29) is 12.3 Å². The molecule has 1 aromatic heterocycles. The second-order valence-corrected chi connectivity index (χ2v) is 5.54. The van der Waals surface area contributed by atoms with Crippen LogP contribution in [-0.4, -0.2) is 12.1 Å². The van der Waals surface area contributed by atoms with Crippen LogP contribution in [0, 0.1) is 0 Å². The van der Waals surface area contributed by atoms with E-state index in [9.17, 15) is 4.79 Å². The highest BCUT2D eigenvalue weighted by atomic mass is 35.5. The Morgan fingerprint density at radius 3 is 2.58 bits per heavy atom. The van der Waals surface area contributed by atoms with Crippen molar-refractivity contribution in [1.29, 1.82) is 0 Å². The first-order chi connectivity index (χ1) is 11.7. The number of hydrogen-bond donors (Lipinski definition) is 1. The molecule has 1 heterocycles. The summed E-state index contributed by atoms with van der Waals surface area (Å²) in [6, 6.07) is 20.5. The average Bonchev–Trinajstić information content (AvgIpc) is 3.05. The molecule has 0 unspecified atom stereocenters. The fraction of sp³-hybridized carbons (Fsp3) is 0.0526. The van der Waals surface area contributed by atoms with Crippen LogP contribution in [0.5, 0.6) is 0 Å². The number of hydrazone groups is 1. The minimum atomic E-state index is -0.185. The highest BCUT2D eigenvalue weighted by molar-refractivity contribution is 6.33. The molecule has 1 amide bonds. The fourth-order valence-corrected chi connectivity index (χ4v) is 2.45. The SMILES string of the molecule is O=C(Cc1ccccc1)NN=Cc1ccc(-c2ccccc2Cl)o1. The summed E-state index contributed by atoms with van der Waals surface area (Å²) in [5, 5.41) is 4.53. The molecule has 2 aromatic carbocycles. The van der Waals surface area contributed by atoms with Crippen LogP contribution in [-0.2, 0) is 11.2 Å². The van der Waals surface area contributed by atoms with Crippen molar-refractivity contribution >= 4 is 23.7 Å². The Bertz CT molecular complexity index is 857. The third-order valence-corrected chi connectivity index (χ3v) is 3.68.